The van der Waals surface area contributed by atoms with Crippen molar-refractivity contribution in [3.8, 4) is 5.75 Å². The van der Waals surface area contributed by atoms with Crippen molar-refractivity contribution in [3.05, 3.63) is 59.1 Å². The molecule has 0 radical (unpaired) electrons. The summed E-state index contributed by atoms with van der Waals surface area (Å²) in [5.41, 5.74) is 4.76. The summed E-state index contributed by atoms with van der Waals surface area (Å²) in [5, 5.41) is 4.81. The van der Waals surface area contributed by atoms with E-state index in [-0.39, 0.29) is 0 Å². The number of methoxy groups -OCH3 is 1. The van der Waals surface area contributed by atoms with Crippen molar-refractivity contribution < 1.29 is 4.74 Å². The Morgan fingerprint density at radius 3 is 2.61 bits per heavy atom. The first-order chi connectivity index (χ1) is 8.78. The fourth-order valence-electron chi connectivity index (χ4n) is 1.43. The maximum atomic E-state index is 5.87. The zero-order chi connectivity index (χ0) is 12.8. The summed E-state index contributed by atoms with van der Waals surface area (Å²) >= 11 is 5.87. The number of hydrazone groups is 1. The monoisotopic (exact) mass is 260 g/mol. The number of rotatable bonds is 4. The molecule has 2 aromatic rings. The predicted molar refractivity (Wildman–Crippen MR) is 75.7 cm³/mol. The highest BCUT2D eigenvalue weighted by molar-refractivity contribution is 6.30. The van der Waals surface area contributed by atoms with Gasteiger partial charge >= 0.3 is 0 Å². The van der Waals surface area contributed by atoms with Crippen molar-refractivity contribution in [1.29, 1.82) is 0 Å². The fraction of sp³-hybridized carbons (Fsp3) is 0.0714. The fourth-order valence-corrected chi connectivity index (χ4v) is 1.62. The number of halogens is 1. The number of anilines is 1. The number of hydrogen-bond acceptors (Lipinski definition) is 3. The molecule has 0 atom stereocenters. The van der Waals surface area contributed by atoms with Gasteiger partial charge in [0, 0.05) is 5.02 Å². The Labute approximate surface area is 111 Å². The van der Waals surface area contributed by atoms with E-state index in [4.69, 9.17) is 16.3 Å². The molecular formula is C14H13ClN2O. The second-order valence-corrected chi connectivity index (χ2v) is 4.09. The van der Waals surface area contributed by atoms with Gasteiger partial charge in [0.15, 0.2) is 0 Å². The summed E-state index contributed by atoms with van der Waals surface area (Å²) in [6, 6.07) is 15.0. The lowest BCUT2D eigenvalue weighted by Crippen LogP contribution is -1.90. The Hall–Kier alpha value is -2.00. The molecule has 2 aromatic carbocycles. The highest BCUT2D eigenvalue weighted by Crippen LogP contribution is 2.15. The second-order valence-electron chi connectivity index (χ2n) is 3.65. The molecule has 0 saturated carbocycles. The average Bonchev–Trinajstić information content (AvgIpc) is 2.40. The SMILES string of the molecule is COc1ccc(C=NNc2cccc(Cl)c2)cc1. The van der Waals surface area contributed by atoms with Crippen LogP contribution in [0.4, 0.5) is 5.69 Å². The Kier molecular flexibility index (Phi) is 4.20. The minimum Gasteiger partial charge on any atom is -0.497 e. The topological polar surface area (TPSA) is 33.6 Å². The maximum absolute atomic E-state index is 5.87. The van der Waals surface area contributed by atoms with Crippen molar-refractivity contribution in [3.63, 3.8) is 0 Å². The first-order valence-electron chi connectivity index (χ1n) is 5.46. The number of ether oxygens (including phenoxy) is 1. The van der Waals surface area contributed by atoms with E-state index in [1.165, 1.54) is 0 Å². The van der Waals surface area contributed by atoms with Crippen LogP contribution in [0.1, 0.15) is 5.56 Å². The summed E-state index contributed by atoms with van der Waals surface area (Å²) in [5.74, 6) is 0.829. The van der Waals surface area contributed by atoms with Gasteiger partial charge in [-0.1, -0.05) is 17.7 Å². The summed E-state index contributed by atoms with van der Waals surface area (Å²) in [6.07, 6.45) is 1.74. The molecule has 0 amide bonds. The van der Waals surface area contributed by atoms with Gasteiger partial charge in [0.1, 0.15) is 5.75 Å². The van der Waals surface area contributed by atoms with Crippen molar-refractivity contribution >= 4 is 23.5 Å². The quantitative estimate of drug-likeness (QED) is 0.670. The summed E-state index contributed by atoms with van der Waals surface area (Å²) < 4.78 is 5.08. The molecule has 0 saturated heterocycles. The van der Waals surface area contributed by atoms with Gasteiger partial charge in [-0.3, -0.25) is 5.43 Å². The maximum Gasteiger partial charge on any atom is 0.118 e. The molecule has 1 N–H and O–H groups in total. The minimum atomic E-state index is 0.680. The molecule has 0 bridgehead atoms. The zero-order valence-electron chi connectivity index (χ0n) is 9.93. The Morgan fingerprint density at radius 2 is 1.94 bits per heavy atom. The molecule has 0 aliphatic heterocycles. The minimum absolute atomic E-state index is 0.680. The highest BCUT2D eigenvalue weighted by Gasteiger charge is 1.92. The van der Waals surface area contributed by atoms with Crippen LogP contribution in [0.3, 0.4) is 0 Å². The average molecular weight is 261 g/mol. The summed E-state index contributed by atoms with van der Waals surface area (Å²) in [4.78, 5) is 0. The van der Waals surface area contributed by atoms with Gasteiger partial charge in [0.25, 0.3) is 0 Å². The Balaban J connectivity index is 1.98. The van der Waals surface area contributed by atoms with Crippen LogP contribution < -0.4 is 10.2 Å². The molecule has 0 aromatic heterocycles. The van der Waals surface area contributed by atoms with Crippen LogP contribution in [0.15, 0.2) is 53.6 Å². The molecule has 0 fully saturated rings. The third kappa shape index (κ3) is 3.50. The van der Waals surface area contributed by atoms with Crippen molar-refractivity contribution in [2.24, 2.45) is 5.10 Å². The van der Waals surface area contributed by atoms with E-state index in [0.29, 0.717) is 5.02 Å². The molecule has 2 rings (SSSR count). The molecule has 3 nitrogen and oxygen atoms in total. The third-order valence-corrected chi connectivity index (χ3v) is 2.58. The van der Waals surface area contributed by atoms with Crippen LogP contribution >= 0.6 is 11.6 Å². The zero-order valence-corrected chi connectivity index (χ0v) is 10.7. The van der Waals surface area contributed by atoms with Gasteiger partial charge in [0.05, 0.1) is 19.0 Å². The Morgan fingerprint density at radius 1 is 1.17 bits per heavy atom. The predicted octanol–water partition coefficient (Wildman–Crippen LogP) is 3.79. The van der Waals surface area contributed by atoms with Crippen molar-refractivity contribution in [1.82, 2.24) is 0 Å². The molecule has 18 heavy (non-hydrogen) atoms. The van der Waals surface area contributed by atoms with Crippen LogP contribution in [0.2, 0.25) is 5.02 Å². The van der Waals surface area contributed by atoms with Crippen LogP contribution in [-0.4, -0.2) is 13.3 Å². The van der Waals surface area contributed by atoms with E-state index in [0.717, 1.165) is 17.0 Å². The lowest BCUT2D eigenvalue weighted by molar-refractivity contribution is 0.415. The van der Waals surface area contributed by atoms with Gasteiger partial charge in [-0.15, -0.1) is 0 Å². The first-order valence-corrected chi connectivity index (χ1v) is 5.84. The van der Waals surface area contributed by atoms with Gasteiger partial charge in [0.2, 0.25) is 0 Å². The van der Waals surface area contributed by atoms with Gasteiger partial charge in [-0.25, -0.2) is 0 Å². The van der Waals surface area contributed by atoms with Crippen molar-refractivity contribution in [2.75, 3.05) is 12.5 Å². The van der Waals surface area contributed by atoms with E-state index in [2.05, 4.69) is 10.5 Å². The lowest BCUT2D eigenvalue weighted by atomic mass is 10.2. The molecule has 0 spiro atoms. The van der Waals surface area contributed by atoms with E-state index in [9.17, 15) is 0 Å². The van der Waals surface area contributed by atoms with Gasteiger partial charge in [-0.2, -0.15) is 5.10 Å². The number of nitrogens with one attached hydrogen (secondary N) is 1. The molecule has 92 valence electrons. The van der Waals surface area contributed by atoms with E-state index in [1.54, 1.807) is 13.3 Å². The third-order valence-electron chi connectivity index (χ3n) is 2.35. The number of hydrogen-bond donors (Lipinski definition) is 1. The number of benzene rings is 2. The van der Waals surface area contributed by atoms with Crippen LogP contribution in [0, 0.1) is 0 Å². The van der Waals surface area contributed by atoms with Crippen LogP contribution in [0.5, 0.6) is 5.75 Å². The normalized spacial score (nSPS) is 10.6. The Bertz CT molecular complexity index is 538. The van der Waals surface area contributed by atoms with Crippen LogP contribution in [-0.2, 0) is 0 Å². The van der Waals surface area contributed by atoms with E-state index in [1.807, 2.05) is 48.5 Å². The van der Waals surface area contributed by atoms with Gasteiger partial charge in [-0.05, 0) is 48.0 Å². The highest BCUT2D eigenvalue weighted by atomic mass is 35.5. The molecule has 4 heteroatoms. The van der Waals surface area contributed by atoms with E-state index >= 15 is 0 Å². The van der Waals surface area contributed by atoms with E-state index < -0.39 is 0 Å². The molecule has 0 aliphatic rings. The second kappa shape index (κ2) is 6.07. The summed E-state index contributed by atoms with van der Waals surface area (Å²) in [7, 11) is 1.64. The smallest absolute Gasteiger partial charge is 0.118 e. The molecule has 0 heterocycles. The van der Waals surface area contributed by atoms with Crippen molar-refractivity contribution in [2.45, 2.75) is 0 Å². The molecule has 0 unspecified atom stereocenters. The first kappa shape index (κ1) is 12.5. The van der Waals surface area contributed by atoms with Gasteiger partial charge < -0.3 is 4.74 Å². The lowest BCUT2D eigenvalue weighted by Gasteiger charge is -2.01. The molecular weight excluding hydrogens is 248 g/mol. The summed E-state index contributed by atoms with van der Waals surface area (Å²) in [6.45, 7) is 0. The molecule has 0 aliphatic carbocycles. The largest absolute Gasteiger partial charge is 0.497 e. The standard InChI is InChI=1S/C14H13ClN2O/c1-18-14-7-5-11(6-8-14)10-16-17-13-4-2-3-12(15)9-13/h2-10,17H,1H3. The van der Waals surface area contributed by atoms with Crippen LogP contribution in [0.25, 0.3) is 0 Å². The number of nitrogens with zero attached hydrogens (tertiary/aromatic N) is 1.